The van der Waals surface area contributed by atoms with Gasteiger partial charge in [-0.3, -0.25) is 0 Å². The maximum atomic E-state index is 13.2. The standard InChI is InChI=1S/C16H18FNO/c1-3-15(13-6-4-5-7-16(13)19)18-12-8-9-14(17)11(2)10-12/h4-10,15,18-19H,3H2,1-2H3. The van der Waals surface area contributed by atoms with Gasteiger partial charge in [-0.1, -0.05) is 25.1 Å². The van der Waals surface area contributed by atoms with E-state index in [0.29, 0.717) is 5.56 Å². The highest BCUT2D eigenvalue weighted by molar-refractivity contribution is 5.49. The second-order valence-corrected chi connectivity index (χ2v) is 4.63. The molecule has 0 saturated carbocycles. The van der Waals surface area contributed by atoms with E-state index in [1.807, 2.05) is 19.1 Å². The van der Waals surface area contributed by atoms with Crippen molar-refractivity contribution in [1.82, 2.24) is 0 Å². The Hall–Kier alpha value is -2.03. The van der Waals surface area contributed by atoms with E-state index in [9.17, 15) is 9.50 Å². The van der Waals surface area contributed by atoms with E-state index in [4.69, 9.17) is 0 Å². The molecule has 0 radical (unpaired) electrons. The number of rotatable bonds is 4. The number of anilines is 1. The summed E-state index contributed by atoms with van der Waals surface area (Å²) in [5.41, 5.74) is 2.32. The summed E-state index contributed by atoms with van der Waals surface area (Å²) in [6.07, 6.45) is 0.827. The lowest BCUT2D eigenvalue weighted by Crippen LogP contribution is -2.10. The summed E-state index contributed by atoms with van der Waals surface area (Å²) in [7, 11) is 0. The Morgan fingerprint density at radius 2 is 1.95 bits per heavy atom. The van der Waals surface area contributed by atoms with Crippen molar-refractivity contribution >= 4 is 5.69 Å². The van der Waals surface area contributed by atoms with Crippen LogP contribution in [0.3, 0.4) is 0 Å². The second kappa shape index (κ2) is 5.74. The minimum Gasteiger partial charge on any atom is -0.508 e. The van der Waals surface area contributed by atoms with Gasteiger partial charge in [-0.15, -0.1) is 0 Å². The molecule has 2 nitrogen and oxygen atoms in total. The fourth-order valence-corrected chi connectivity index (χ4v) is 2.12. The van der Waals surface area contributed by atoms with E-state index >= 15 is 0 Å². The van der Waals surface area contributed by atoms with Crippen molar-refractivity contribution in [3.8, 4) is 5.75 Å². The fraction of sp³-hybridized carbons (Fsp3) is 0.250. The number of phenolic OH excluding ortho intramolecular Hbond substituents is 1. The van der Waals surface area contributed by atoms with Crippen LogP contribution in [0, 0.1) is 12.7 Å². The molecule has 0 heterocycles. The number of para-hydroxylation sites is 1. The van der Waals surface area contributed by atoms with Gasteiger partial charge in [0, 0.05) is 11.3 Å². The molecule has 0 aliphatic rings. The lowest BCUT2D eigenvalue weighted by molar-refractivity contribution is 0.463. The molecule has 0 amide bonds. The molecule has 0 aliphatic heterocycles. The quantitative estimate of drug-likeness (QED) is 0.852. The Kier molecular flexibility index (Phi) is 4.05. The molecule has 0 aliphatic carbocycles. The van der Waals surface area contributed by atoms with Gasteiger partial charge < -0.3 is 10.4 Å². The summed E-state index contributed by atoms with van der Waals surface area (Å²) < 4.78 is 13.2. The molecule has 2 N–H and O–H groups in total. The van der Waals surface area contributed by atoms with Crippen LogP contribution >= 0.6 is 0 Å². The van der Waals surface area contributed by atoms with Crippen molar-refractivity contribution in [1.29, 1.82) is 0 Å². The van der Waals surface area contributed by atoms with Gasteiger partial charge in [0.15, 0.2) is 0 Å². The van der Waals surface area contributed by atoms with E-state index < -0.39 is 0 Å². The number of aromatic hydroxyl groups is 1. The molecule has 1 atom stereocenters. The molecule has 3 heteroatoms. The Balaban J connectivity index is 2.24. The topological polar surface area (TPSA) is 32.3 Å². The highest BCUT2D eigenvalue weighted by atomic mass is 19.1. The third kappa shape index (κ3) is 3.05. The lowest BCUT2D eigenvalue weighted by atomic mass is 10.0. The summed E-state index contributed by atoms with van der Waals surface area (Å²) in [5.74, 6) is 0.0711. The van der Waals surface area contributed by atoms with Crippen molar-refractivity contribution < 1.29 is 9.50 Å². The van der Waals surface area contributed by atoms with Crippen molar-refractivity contribution in [2.75, 3.05) is 5.32 Å². The van der Waals surface area contributed by atoms with Gasteiger partial charge in [0.1, 0.15) is 11.6 Å². The zero-order chi connectivity index (χ0) is 13.8. The maximum Gasteiger partial charge on any atom is 0.126 e. The number of halogens is 1. The normalized spacial score (nSPS) is 12.2. The average molecular weight is 259 g/mol. The van der Waals surface area contributed by atoms with Gasteiger partial charge in [-0.25, -0.2) is 4.39 Å². The summed E-state index contributed by atoms with van der Waals surface area (Å²) in [4.78, 5) is 0. The molecule has 2 rings (SSSR count). The van der Waals surface area contributed by atoms with Crippen molar-refractivity contribution in [3.05, 3.63) is 59.4 Å². The fourth-order valence-electron chi connectivity index (χ4n) is 2.12. The first-order chi connectivity index (χ1) is 9.11. The Labute approximate surface area is 112 Å². The number of nitrogens with one attached hydrogen (secondary N) is 1. The maximum absolute atomic E-state index is 13.2. The van der Waals surface area contributed by atoms with Crippen LogP contribution in [-0.2, 0) is 0 Å². The summed E-state index contributed by atoms with van der Waals surface area (Å²) >= 11 is 0. The highest BCUT2D eigenvalue weighted by Crippen LogP contribution is 2.29. The molecule has 0 fully saturated rings. The average Bonchev–Trinajstić information content (AvgIpc) is 2.41. The first kappa shape index (κ1) is 13.4. The van der Waals surface area contributed by atoms with Crippen LogP contribution in [0.15, 0.2) is 42.5 Å². The molecule has 0 saturated heterocycles. The zero-order valence-corrected chi connectivity index (χ0v) is 11.2. The van der Waals surface area contributed by atoms with Gasteiger partial charge in [0.25, 0.3) is 0 Å². The van der Waals surface area contributed by atoms with Crippen molar-refractivity contribution in [2.24, 2.45) is 0 Å². The van der Waals surface area contributed by atoms with Crippen molar-refractivity contribution in [2.45, 2.75) is 26.3 Å². The number of hydrogen-bond donors (Lipinski definition) is 2. The van der Waals surface area contributed by atoms with Crippen LogP contribution in [0.25, 0.3) is 0 Å². The van der Waals surface area contributed by atoms with E-state index in [2.05, 4.69) is 5.32 Å². The predicted octanol–water partition coefficient (Wildman–Crippen LogP) is 4.40. The van der Waals surface area contributed by atoms with Crippen LogP contribution in [0.1, 0.15) is 30.5 Å². The van der Waals surface area contributed by atoms with E-state index in [1.165, 1.54) is 6.07 Å². The van der Waals surface area contributed by atoms with Gasteiger partial charge in [-0.05, 0) is 43.2 Å². The van der Waals surface area contributed by atoms with Gasteiger partial charge in [0.2, 0.25) is 0 Å². The first-order valence-corrected chi connectivity index (χ1v) is 6.42. The van der Waals surface area contributed by atoms with Crippen LogP contribution in [0.5, 0.6) is 5.75 Å². The van der Waals surface area contributed by atoms with Crippen molar-refractivity contribution in [3.63, 3.8) is 0 Å². The summed E-state index contributed by atoms with van der Waals surface area (Å²) in [6, 6.07) is 12.2. The van der Waals surface area contributed by atoms with Crippen LogP contribution in [0.4, 0.5) is 10.1 Å². The molecule has 1 unspecified atom stereocenters. The molecule has 2 aromatic carbocycles. The van der Waals surface area contributed by atoms with Crippen LogP contribution in [0.2, 0.25) is 0 Å². The number of phenols is 1. The Morgan fingerprint density at radius 3 is 2.58 bits per heavy atom. The minimum atomic E-state index is -0.207. The first-order valence-electron chi connectivity index (χ1n) is 6.42. The van der Waals surface area contributed by atoms with E-state index in [-0.39, 0.29) is 17.6 Å². The minimum absolute atomic E-state index is 0.00561. The lowest BCUT2D eigenvalue weighted by Gasteiger charge is -2.20. The van der Waals surface area contributed by atoms with Crippen LogP contribution in [-0.4, -0.2) is 5.11 Å². The molecule has 2 aromatic rings. The largest absolute Gasteiger partial charge is 0.508 e. The third-order valence-corrected chi connectivity index (χ3v) is 3.22. The molecular formula is C16H18FNO. The molecular weight excluding hydrogens is 241 g/mol. The van der Waals surface area contributed by atoms with E-state index in [1.54, 1.807) is 31.2 Å². The molecule has 0 aromatic heterocycles. The van der Waals surface area contributed by atoms with Gasteiger partial charge in [-0.2, -0.15) is 0 Å². The van der Waals surface area contributed by atoms with E-state index in [0.717, 1.165) is 17.7 Å². The predicted molar refractivity (Wildman–Crippen MR) is 75.9 cm³/mol. The zero-order valence-electron chi connectivity index (χ0n) is 11.2. The number of aryl methyl sites for hydroxylation is 1. The summed E-state index contributed by atoms with van der Waals surface area (Å²) in [5, 5.41) is 13.2. The SMILES string of the molecule is CCC(Nc1ccc(F)c(C)c1)c1ccccc1O. The van der Waals surface area contributed by atoms with Gasteiger partial charge >= 0.3 is 0 Å². The monoisotopic (exact) mass is 259 g/mol. The second-order valence-electron chi connectivity index (χ2n) is 4.63. The smallest absolute Gasteiger partial charge is 0.126 e. The Morgan fingerprint density at radius 1 is 1.21 bits per heavy atom. The number of hydrogen-bond acceptors (Lipinski definition) is 2. The van der Waals surface area contributed by atoms with Gasteiger partial charge in [0.05, 0.1) is 6.04 Å². The third-order valence-electron chi connectivity index (χ3n) is 3.22. The van der Waals surface area contributed by atoms with Crippen LogP contribution < -0.4 is 5.32 Å². The molecule has 0 spiro atoms. The summed E-state index contributed by atoms with van der Waals surface area (Å²) in [6.45, 7) is 3.78. The molecule has 100 valence electrons. The Bertz CT molecular complexity index is 568. The number of benzene rings is 2. The molecule has 0 bridgehead atoms. The molecule has 19 heavy (non-hydrogen) atoms. The highest BCUT2D eigenvalue weighted by Gasteiger charge is 2.13.